The van der Waals surface area contributed by atoms with E-state index in [1.165, 1.54) is 12.1 Å². The average molecular weight is 379 g/mol. The van der Waals surface area contributed by atoms with E-state index >= 15 is 0 Å². The van der Waals surface area contributed by atoms with Crippen LogP contribution in [0.15, 0.2) is 47.1 Å². The lowest BCUT2D eigenvalue weighted by molar-refractivity contribution is -0.120. The van der Waals surface area contributed by atoms with Crippen molar-refractivity contribution in [3.63, 3.8) is 0 Å². The van der Waals surface area contributed by atoms with Gasteiger partial charge in [0.05, 0.1) is 10.7 Å². The molecule has 4 nitrogen and oxygen atoms in total. The molecule has 2 amide bonds. The van der Waals surface area contributed by atoms with E-state index in [1.54, 1.807) is 6.07 Å². The minimum Gasteiger partial charge on any atom is -0.349 e. The Labute approximate surface area is 153 Å². The van der Waals surface area contributed by atoms with E-state index in [0.717, 1.165) is 22.1 Å². The molecule has 0 fully saturated rings. The second kappa shape index (κ2) is 6.50. The zero-order valence-corrected chi connectivity index (χ0v) is 14.9. The van der Waals surface area contributed by atoms with Gasteiger partial charge in [0, 0.05) is 5.69 Å². The largest absolute Gasteiger partial charge is 0.349 e. The molecule has 0 saturated heterocycles. The van der Waals surface area contributed by atoms with Gasteiger partial charge in [-0.1, -0.05) is 40.9 Å². The Balaban J connectivity index is 1.95. The molecule has 0 unspecified atom stereocenters. The normalized spacial score (nSPS) is 14.5. The lowest BCUT2D eigenvalue weighted by Crippen LogP contribution is -2.32. The molecule has 0 aliphatic carbocycles. The van der Waals surface area contributed by atoms with Crippen molar-refractivity contribution in [1.82, 2.24) is 0 Å². The number of nitrogens with zero attached hydrogens (tertiary/aromatic N) is 1. The number of anilines is 2. The number of nitrogens with one attached hydrogen (secondary N) is 1. The number of amides is 2. The highest BCUT2D eigenvalue weighted by molar-refractivity contribution is 6.53. The second-order valence-electron chi connectivity index (χ2n) is 5.68. The zero-order chi connectivity index (χ0) is 18.3. The van der Waals surface area contributed by atoms with Crippen molar-refractivity contribution in [2.24, 2.45) is 0 Å². The van der Waals surface area contributed by atoms with Crippen LogP contribution in [-0.4, -0.2) is 11.8 Å². The summed E-state index contributed by atoms with van der Waals surface area (Å²) >= 11 is 11.8. The van der Waals surface area contributed by atoms with Gasteiger partial charge in [-0.25, -0.2) is 9.29 Å². The lowest BCUT2D eigenvalue weighted by Gasteiger charge is -2.16. The predicted octanol–water partition coefficient (Wildman–Crippen LogP) is 4.53. The van der Waals surface area contributed by atoms with Crippen molar-refractivity contribution >= 4 is 46.4 Å². The summed E-state index contributed by atoms with van der Waals surface area (Å²) < 4.78 is 13.3. The molecular formula is C18H13Cl2FN2O2. The van der Waals surface area contributed by atoms with Crippen LogP contribution >= 0.6 is 23.2 Å². The SMILES string of the molecule is Cc1ccc(NC2=C(Cl)C(=O)N(c3ccc(F)c(Cl)c3)C2=O)c(C)c1. The summed E-state index contributed by atoms with van der Waals surface area (Å²) in [4.78, 5) is 25.9. The van der Waals surface area contributed by atoms with Gasteiger partial charge in [0.1, 0.15) is 16.5 Å². The fourth-order valence-corrected chi connectivity index (χ4v) is 2.95. The average Bonchev–Trinajstić information content (AvgIpc) is 2.76. The molecule has 0 aromatic heterocycles. The molecular weight excluding hydrogens is 366 g/mol. The van der Waals surface area contributed by atoms with E-state index in [9.17, 15) is 14.0 Å². The van der Waals surface area contributed by atoms with Crippen molar-refractivity contribution in [2.75, 3.05) is 10.2 Å². The molecule has 128 valence electrons. The van der Waals surface area contributed by atoms with Crippen molar-refractivity contribution in [3.05, 3.63) is 69.1 Å². The maximum Gasteiger partial charge on any atom is 0.283 e. The number of hydrogen-bond acceptors (Lipinski definition) is 3. The highest BCUT2D eigenvalue weighted by Gasteiger charge is 2.39. The van der Waals surface area contributed by atoms with Gasteiger partial charge in [-0.3, -0.25) is 9.59 Å². The molecule has 1 N–H and O–H groups in total. The number of aryl methyl sites for hydroxylation is 2. The van der Waals surface area contributed by atoms with Gasteiger partial charge in [-0.2, -0.15) is 0 Å². The first-order valence-corrected chi connectivity index (χ1v) is 8.13. The Kier molecular flexibility index (Phi) is 4.54. The van der Waals surface area contributed by atoms with Crippen LogP contribution in [0.25, 0.3) is 0 Å². The van der Waals surface area contributed by atoms with Crippen LogP contribution in [-0.2, 0) is 9.59 Å². The first-order valence-electron chi connectivity index (χ1n) is 7.37. The molecule has 0 saturated carbocycles. The highest BCUT2D eigenvalue weighted by Crippen LogP contribution is 2.32. The number of carbonyl (C=O) groups is 2. The summed E-state index contributed by atoms with van der Waals surface area (Å²) in [5, 5.41) is 2.50. The molecule has 2 aromatic rings. The topological polar surface area (TPSA) is 49.4 Å². The standard InChI is InChI=1S/C18H13Cl2FN2O2/c1-9-3-6-14(10(2)7-9)22-16-15(20)17(24)23(18(16)25)11-4-5-13(21)12(19)8-11/h3-8,22H,1-2H3. The molecule has 1 aliphatic rings. The predicted molar refractivity (Wildman–Crippen MR) is 96.3 cm³/mol. The van der Waals surface area contributed by atoms with E-state index in [1.807, 2.05) is 26.0 Å². The van der Waals surface area contributed by atoms with Gasteiger partial charge < -0.3 is 5.32 Å². The third-order valence-electron chi connectivity index (χ3n) is 3.83. The second-order valence-corrected chi connectivity index (χ2v) is 6.46. The Morgan fingerprint density at radius 2 is 1.72 bits per heavy atom. The zero-order valence-electron chi connectivity index (χ0n) is 13.4. The molecule has 1 heterocycles. The van der Waals surface area contributed by atoms with Crippen LogP contribution in [0.4, 0.5) is 15.8 Å². The van der Waals surface area contributed by atoms with Gasteiger partial charge in [0.25, 0.3) is 11.8 Å². The van der Waals surface area contributed by atoms with Crippen molar-refractivity contribution in [1.29, 1.82) is 0 Å². The summed E-state index contributed by atoms with van der Waals surface area (Å²) in [6, 6.07) is 9.20. The van der Waals surface area contributed by atoms with Crippen LogP contribution in [0.3, 0.4) is 0 Å². The van der Waals surface area contributed by atoms with Crippen LogP contribution in [0.5, 0.6) is 0 Å². The first kappa shape index (κ1) is 17.5. The molecule has 7 heteroatoms. The van der Waals surface area contributed by atoms with Gasteiger partial charge in [-0.05, 0) is 43.7 Å². The van der Waals surface area contributed by atoms with Gasteiger partial charge >= 0.3 is 0 Å². The number of imide groups is 1. The summed E-state index contributed by atoms with van der Waals surface area (Å²) in [7, 11) is 0. The van der Waals surface area contributed by atoms with Crippen molar-refractivity contribution in [2.45, 2.75) is 13.8 Å². The van der Waals surface area contributed by atoms with Gasteiger partial charge in [0.2, 0.25) is 0 Å². The minimum absolute atomic E-state index is 0.0286. The Bertz CT molecular complexity index is 941. The Morgan fingerprint density at radius 1 is 1.00 bits per heavy atom. The summed E-state index contributed by atoms with van der Waals surface area (Å²) in [5.74, 6) is -1.96. The number of benzene rings is 2. The summed E-state index contributed by atoms with van der Waals surface area (Å²) in [5.41, 5.74) is 2.76. The molecule has 2 aromatic carbocycles. The third-order valence-corrected chi connectivity index (χ3v) is 4.47. The van der Waals surface area contributed by atoms with E-state index in [-0.39, 0.29) is 21.4 Å². The van der Waals surface area contributed by atoms with Gasteiger partial charge in [0.15, 0.2) is 0 Å². The fourth-order valence-electron chi connectivity index (χ4n) is 2.56. The van der Waals surface area contributed by atoms with Crippen molar-refractivity contribution < 1.29 is 14.0 Å². The Morgan fingerprint density at radius 3 is 2.36 bits per heavy atom. The fraction of sp³-hybridized carbons (Fsp3) is 0.111. The molecule has 0 radical (unpaired) electrons. The molecule has 0 spiro atoms. The molecule has 0 atom stereocenters. The number of hydrogen-bond donors (Lipinski definition) is 1. The summed E-state index contributed by atoms with van der Waals surface area (Å²) in [6.45, 7) is 3.83. The van der Waals surface area contributed by atoms with Crippen LogP contribution in [0.2, 0.25) is 5.02 Å². The summed E-state index contributed by atoms with van der Waals surface area (Å²) in [6.07, 6.45) is 0. The minimum atomic E-state index is -0.693. The quantitative estimate of drug-likeness (QED) is 0.798. The number of carbonyl (C=O) groups excluding carboxylic acids is 2. The van der Waals surface area contributed by atoms with Gasteiger partial charge in [-0.15, -0.1) is 0 Å². The highest BCUT2D eigenvalue weighted by atomic mass is 35.5. The maximum absolute atomic E-state index is 13.3. The van der Waals surface area contributed by atoms with Crippen LogP contribution in [0, 0.1) is 19.7 Å². The first-order chi connectivity index (χ1) is 11.8. The molecule has 0 bridgehead atoms. The maximum atomic E-state index is 13.3. The van der Waals surface area contributed by atoms with E-state index in [4.69, 9.17) is 23.2 Å². The molecule has 1 aliphatic heterocycles. The third kappa shape index (κ3) is 3.13. The number of rotatable bonds is 3. The Hall–Kier alpha value is -2.37. The van der Waals surface area contributed by atoms with Crippen LogP contribution in [0.1, 0.15) is 11.1 Å². The lowest BCUT2D eigenvalue weighted by atomic mass is 10.1. The number of halogens is 3. The molecule has 3 rings (SSSR count). The molecule has 25 heavy (non-hydrogen) atoms. The van der Waals surface area contributed by atoms with E-state index in [2.05, 4.69) is 5.32 Å². The monoisotopic (exact) mass is 378 g/mol. The van der Waals surface area contributed by atoms with E-state index < -0.39 is 17.6 Å². The van der Waals surface area contributed by atoms with E-state index in [0.29, 0.717) is 5.69 Å². The smallest absolute Gasteiger partial charge is 0.283 e. The van der Waals surface area contributed by atoms with Crippen LogP contribution < -0.4 is 10.2 Å². The van der Waals surface area contributed by atoms with Crippen molar-refractivity contribution in [3.8, 4) is 0 Å².